The van der Waals surface area contributed by atoms with Gasteiger partial charge in [0.1, 0.15) is 11.8 Å². The van der Waals surface area contributed by atoms with Crippen molar-refractivity contribution in [2.75, 3.05) is 26.0 Å². The average molecular weight is 438 g/mol. The van der Waals surface area contributed by atoms with Gasteiger partial charge in [0.25, 0.3) is 0 Å². The first-order chi connectivity index (χ1) is 14.3. The molecule has 1 unspecified atom stereocenters. The molecule has 2 amide bonds. The molecule has 30 heavy (non-hydrogen) atoms. The van der Waals surface area contributed by atoms with Gasteiger partial charge in [0.15, 0.2) is 0 Å². The van der Waals surface area contributed by atoms with Gasteiger partial charge in [0, 0.05) is 19.5 Å². The van der Waals surface area contributed by atoms with Crippen molar-refractivity contribution >= 4 is 21.8 Å². The minimum absolute atomic E-state index is 0.0360. The highest BCUT2D eigenvalue weighted by atomic mass is 32.2. The summed E-state index contributed by atoms with van der Waals surface area (Å²) >= 11 is 0. The summed E-state index contributed by atoms with van der Waals surface area (Å²) in [4.78, 5) is 25.5. The number of para-hydroxylation sites is 1. The summed E-state index contributed by atoms with van der Waals surface area (Å²) in [7, 11) is -1.91. The lowest BCUT2D eigenvalue weighted by Gasteiger charge is -2.32. The normalized spacial score (nSPS) is 21.8. The Morgan fingerprint density at radius 3 is 2.67 bits per heavy atom. The zero-order valence-corrected chi connectivity index (χ0v) is 18.5. The lowest BCUT2D eigenvalue weighted by Crippen LogP contribution is -2.54. The van der Waals surface area contributed by atoms with Crippen LogP contribution in [0.15, 0.2) is 24.3 Å². The predicted octanol–water partition coefficient (Wildman–Crippen LogP) is 1.21. The first kappa shape index (κ1) is 22.6. The molecule has 0 radical (unpaired) electrons. The van der Waals surface area contributed by atoms with E-state index < -0.39 is 21.6 Å². The zero-order chi connectivity index (χ0) is 21.8. The van der Waals surface area contributed by atoms with Crippen LogP contribution in [0.1, 0.15) is 44.6 Å². The van der Waals surface area contributed by atoms with Crippen LogP contribution in [0.3, 0.4) is 0 Å². The molecule has 2 fully saturated rings. The Morgan fingerprint density at radius 1 is 1.30 bits per heavy atom. The molecule has 1 heterocycles. The molecule has 2 N–H and O–H groups in total. The Kier molecular flexibility index (Phi) is 7.02. The van der Waals surface area contributed by atoms with E-state index >= 15 is 0 Å². The number of rotatable bonds is 7. The molecule has 0 bridgehead atoms. The van der Waals surface area contributed by atoms with Crippen LogP contribution in [0.5, 0.6) is 5.75 Å². The molecule has 2 aliphatic rings. The molecule has 166 valence electrons. The van der Waals surface area contributed by atoms with Crippen molar-refractivity contribution in [2.45, 2.75) is 57.0 Å². The summed E-state index contributed by atoms with van der Waals surface area (Å²) in [6.45, 7) is 1.82. The highest BCUT2D eigenvalue weighted by molar-refractivity contribution is 7.89. The predicted molar refractivity (Wildman–Crippen MR) is 114 cm³/mol. The van der Waals surface area contributed by atoms with Crippen LogP contribution in [0.25, 0.3) is 0 Å². The van der Waals surface area contributed by atoms with Crippen molar-refractivity contribution in [1.82, 2.24) is 14.9 Å². The monoisotopic (exact) mass is 437 g/mol. The molecule has 1 saturated heterocycles. The number of benzene rings is 1. The Hall–Kier alpha value is -2.13. The fourth-order valence-electron chi connectivity index (χ4n) is 4.34. The third-order valence-electron chi connectivity index (χ3n) is 6.04. The molecule has 3 rings (SSSR count). The Balaban J connectivity index is 1.70. The van der Waals surface area contributed by atoms with Crippen LogP contribution in [-0.2, 0) is 26.0 Å². The molecule has 9 heteroatoms. The number of carbonyl (C=O) groups is 2. The minimum atomic E-state index is -3.49. The summed E-state index contributed by atoms with van der Waals surface area (Å²) < 4.78 is 31.9. The quantitative estimate of drug-likeness (QED) is 0.667. The molecule has 1 aromatic rings. The lowest BCUT2D eigenvalue weighted by molar-refractivity contribution is -0.129. The van der Waals surface area contributed by atoms with E-state index in [-0.39, 0.29) is 37.1 Å². The summed E-state index contributed by atoms with van der Waals surface area (Å²) in [6.07, 6.45) is 4.05. The molecule has 1 aromatic carbocycles. The molecule has 8 nitrogen and oxygen atoms in total. The topological polar surface area (TPSA) is 105 Å². The number of aryl methyl sites for hydroxylation is 1. The second kappa shape index (κ2) is 9.34. The summed E-state index contributed by atoms with van der Waals surface area (Å²) in [5.74, 6) is 0.0701. The third-order valence-corrected chi connectivity index (χ3v) is 7.83. The number of carbonyl (C=O) groups excluding carboxylic acids is 2. The van der Waals surface area contributed by atoms with Gasteiger partial charge in [-0.2, -0.15) is 4.31 Å². The smallest absolute Gasteiger partial charge is 0.244 e. The van der Waals surface area contributed by atoms with Crippen LogP contribution in [0.2, 0.25) is 0 Å². The largest absolute Gasteiger partial charge is 0.496 e. The van der Waals surface area contributed by atoms with Gasteiger partial charge in [0.05, 0.1) is 18.4 Å². The van der Waals surface area contributed by atoms with E-state index in [0.29, 0.717) is 12.2 Å². The summed E-state index contributed by atoms with van der Waals surface area (Å²) in [5, 5.41) is 5.80. The van der Waals surface area contributed by atoms with E-state index in [9.17, 15) is 18.0 Å². The third kappa shape index (κ3) is 5.13. The van der Waals surface area contributed by atoms with Crippen molar-refractivity contribution in [3.05, 3.63) is 29.8 Å². The SMILES string of the molecule is CCS(=O)(=O)N1CC(NC(=O)CCc2ccccc2OC)C(=O)NC2(CCCC2)C1. The van der Waals surface area contributed by atoms with Gasteiger partial charge in [0.2, 0.25) is 21.8 Å². The van der Waals surface area contributed by atoms with E-state index in [1.165, 1.54) is 4.31 Å². The Labute approximate surface area is 178 Å². The van der Waals surface area contributed by atoms with Crippen molar-refractivity contribution in [1.29, 1.82) is 0 Å². The van der Waals surface area contributed by atoms with Crippen LogP contribution in [-0.4, -0.2) is 62.1 Å². The standard InChI is InChI=1S/C21H31N3O5S/c1-3-30(27,28)24-14-17(20(26)23-21(15-24)12-6-7-13-21)22-19(25)11-10-16-8-4-5-9-18(16)29-2/h4-5,8-9,17H,3,6-7,10-15H2,1-2H3,(H,22,25)(H,23,26). The van der Waals surface area contributed by atoms with Crippen LogP contribution >= 0.6 is 0 Å². The Bertz CT molecular complexity index is 880. The molecule has 1 aliphatic carbocycles. The maximum absolute atomic E-state index is 12.9. The fourth-order valence-corrected chi connectivity index (χ4v) is 5.53. The van der Waals surface area contributed by atoms with E-state index in [1.807, 2.05) is 24.3 Å². The van der Waals surface area contributed by atoms with Gasteiger partial charge in [-0.3, -0.25) is 9.59 Å². The van der Waals surface area contributed by atoms with Crippen LogP contribution < -0.4 is 15.4 Å². The zero-order valence-electron chi connectivity index (χ0n) is 17.6. The molecule has 1 atom stereocenters. The number of hydrogen-bond acceptors (Lipinski definition) is 5. The molecule has 1 spiro atoms. The Morgan fingerprint density at radius 2 is 2.00 bits per heavy atom. The van der Waals surface area contributed by atoms with E-state index in [2.05, 4.69) is 10.6 Å². The van der Waals surface area contributed by atoms with Crippen LogP contribution in [0.4, 0.5) is 0 Å². The second-order valence-electron chi connectivity index (χ2n) is 8.10. The van der Waals surface area contributed by atoms with Crippen molar-refractivity contribution < 1.29 is 22.7 Å². The number of amides is 2. The number of nitrogens with one attached hydrogen (secondary N) is 2. The maximum Gasteiger partial charge on any atom is 0.244 e. The average Bonchev–Trinajstić information content (AvgIpc) is 3.13. The number of sulfonamides is 1. The highest BCUT2D eigenvalue weighted by Crippen LogP contribution is 2.32. The maximum atomic E-state index is 12.9. The molecule has 0 aromatic heterocycles. The molecule has 1 saturated carbocycles. The van der Waals surface area contributed by atoms with Gasteiger partial charge in [-0.05, 0) is 37.8 Å². The molecule has 1 aliphatic heterocycles. The van der Waals surface area contributed by atoms with Gasteiger partial charge in [-0.25, -0.2) is 8.42 Å². The van der Waals surface area contributed by atoms with Gasteiger partial charge >= 0.3 is 0 Å². The molecular formula is C21H31N3O5S. The second-order valence-corrected chi connectivity index (χ2v) is 10.4. The van der Waals surface area contributed by atoms with E-state index in [4.69, 9.17) is 4.74 Å². The first-order valence-electron chi connectivity index (χ1n) is 10.5. The van der Waals surface area contributed by atoms with Gasteiger partial charge in [-0.15, -0.1) is 0 Å². The van der Waals surface area contributed by atoms with Crippen molar-refractivity contribution in [3.8, 4) is 5.75 Å². The minimum Gasteiger partial charge on any atom is -0.496 e. The van der Waals surface area contributed by atoms with Gasteiger partial charge < -0.3 is 15.4 Å². The number of hydrogen-bond donors (Lipinski definition) is 2. The fraction of sp³-hybridized carbons (Fsp3) is 0.619. The van der Waals surface area contributed by atoms with E-state index in [1.54, 1.807) is 14.0 Å². The van der Waals surface area contributed by atoms with Crippen molar-refractivity contribution in [3.63, 3.8) is 0 Å². The van der Waals surface area contributed by atoms with Crippen LogP contribution in [0, 0.1) is 0 Å². The number of methoxy groups -OCH3 is 1. The molecular weight excluding hydrogens is 406 g/mol. The number of nitrogens with zero attached hydrogens (tertiary/aromatic N) is 1. The van der Waals surface area contributed by atoms with E-state index in [0.717, 1.165) is 31.2 Å². The highest BCUT2D eigenvalue weighted by Gasteiger charge is 2.44. The first-order valence-corrected chi connectivity index (χ1v) is 12.1. The number of ether oxygens (including phenoxy) is 1. The summed E-state index contributed by atoms with van der Waals surface area (Å²) in [5.41, 5.74) is 0.372. The lowest BCUT2D eigenvalue weighted by atomic mass is 9.98. The summed E-state index contributed by atoms with van der Waals surface area (Å²) in [6, 6.07) is 6.56. The van der Waals surface area contributed by atoms with Crippen molar-refractivity contribution in [2.24, 2.45) is 0 Å². The van der Waals surface area contributed by atoms with Gasteiger partial charge in [-0.1, -0.05) is 31.0 Å².